The van der Waals surface area contributed by atoms with Crippen molar-refractivity contribution >= 4 is 29.4 Å². The number of rotatable bonds is 5. The van der Waals surface area contributed by atoms with Gasteiger partial charge in [-0.05, 0) is 60.3 Å². The molecule has 1 fully saturated rings. The van der Waals surface area contributed by atoms with Crippen LogP contribution in [0.2, 0.25) is 0 Å². The molecule has 0 unspecified atom stereocenters. The summed E-state index contributed by atoms with van der Waals surface area (Å²) in [6, 6.07) is 11.4. The average molecular weight is 441 g/mol. The van der Waals surface area contributed by atoms with Gasteiger partial charge in [0.1, 0.15) is 5.03 Å². The maximum absolute atomic E-state index is 12.8. The van der Waals surface area contributed by atoms with E-state index in [4.69, 9.17) is 0 Å². The Labute approximate surface area is 189 Å². The number of benzene rings is 1. The first-order chi connectivity index (χ1) is 14.8. The Morgan fingerprint density at radius 2 is 1.81 bits per heavy atom. The van der Waals surface area contributed by atoms with E-state index in [0.717, 1.165) is 23.6 Å². The molecule has 2 aromatic rings. The van der Waals surface area contributed by atoms with Crippen LogP contribution in [0.1, 0.15) is 49.5 Å². The summed E-state index contributed by atoms with van der Waals surface area (Å²) in [4.78, 5) is 31.3. The van der Waals surface area contributed by atoms with Crippen LogP contribution < -0.4 is 10.6 Å². The van der Waals surface area contributed by atoms with Crippen molar-refractivity contribution in [3.05, 3.63) is 53.7 Å². The summed E-state index contributed by atoms with van der Waals surface area (Å²) in [6.45, 7) is 8.50. The largest absolute Gasteiger partial charge is 0.339 e. The molecule has 0 spiro atoms. The average Bonchev–Trinajstić information content (AvgIpc) is 2.77. The first-order valence-corrected chi connectivity index (χ1v) is 11.9. The molecule has 0 aliphatic carbocycles. The normalized spacial score (nSPS) is 14.9. The molecular formula is C24H32N4O2S. The first kappa shape index (κ1) is 23.1. The molecular weight excluding hydrogens is 408 g/mol. The maximum Gasteiger partial charge on any atom is 0.319 e. The lowest BCUT2D eigenvalue weighted by Gasteiger charge is -2.32. The fourth-order valence-electron chi connectivity index (χ4n) is 3.69. The Kier molecular flexibility index (Phi) is 7.59. The number of urea groups is 1. The van der Waals surface area contributed by atoms with E-state index >= 15 is 0 Å². The van der Waals surface area contributed by atoms with Gasteiger partial charge in [-0.25, -0.2) is 9.78 Å². The van der Waals surface area contributed by atoms with Crippen LogP contribution in [0.15, 0.2) is 47.6 Å². The van der Waals surface area contributed by atoms with Gasteiger partial charge in [0.2, 0.25) is 0 Å². The van der Waals surface area contributed by atoms with Gasteiger partial charge in [-0.15, -0.1) is 11.8 Å². The standard InChI is InChI=1S/C24H32N4O2S/c1-24(2,3)18-7-9-19(10-8-18)27-23(30)26-16-17-11-14-28(15-12-17)22(29)20-6-5-13-25-21(20)31-4/h5-10,13,17H,11-12,14-16H2,1-4H3,(H2,26,27,30). The van der Waals surface area contributed by atoms with E-state index in [1.807, 2.05) is 41.5 Å². The Morgan fingerprint density at radius 1 is 1.13 bits per heavy atom. The molecule has 1 aromatic carbocycles. The first-order valence-electron chi connectivity index (χ1n) is 10.7. The van der Waals surface area contributed by atoms with Crippen molar-refractivity contribution in [2.45, 2.75) is 44.1 Å². The number of piperidine rings is 1. The van der Waals surface area contributed by atoms with Crippen molar-refractivity contribution in [1.29, 1.82) is 0 Å². The fourth-order valence-corrected chi connectivity index (χ4v) is 4.23. The number of hydrogen-bond donors (Lipinski definition) is 2. The SMILES string of the molecule is CSc1ncccc1C(=O)N1CCC(CNC(=O)Nc2ccc(C(C)(C)C)cc2)CC1. The summed E-state index contributed by atoms with van der Waals surface area (Å²) >= 11 is 1.49. The Hall–Kier alpha value is -2.54. The smallest absolute Gasteiger partial charge is 0.319 e. The van der Waals surface area contributed by atoms with Gasteiger partial charge in [-0.2, -0.15) is 0 Å². The molecule has 3 amide bonds. The van der Waals surface area contributed by atoms with Crippen LogP contribution in [0, 0.1) is 5.92 Å². The second-order valence-corrected chi connectivity index (χ2v) is 9.75. The Bertz CT molecular complexity index is 901. The Balaban J connectivity index is 1.44. The van der Waals surface area contributed by atoms with Crippen molar-refractivity contribution in [2.24, 2.45) is 5.92 Å². The number of carbonyl (C=O) groups is 2. The number of thioether (sulfide) groups is 1. The van der Waals surface area contributed by atoms with Crippen molar-refractivity contribution in [1.82, 2.24) is 15.2 Å². The van der Waals surface area contributed by atoms with E-state index in [9.17, 15) is 9.59 Å². The zero-order valence-electron chi connectivity index (χ0n) is 18.8. The number of aromatic nitrogens is 1. The highest BCUT2D eigenvalue weighted by Gasteiger charge is 2.25. The molecule has 1 aromatic heterocycles. The van der Waals surface area contributed by atoms with E-state index in [0.29, 0.717) is 31.1 Å². The zero-order valence-corrected chi connectivity index (χ0v) is 19.6. The number of anilines is 1. The lowest BCUT2D eigenvalue weighted by atomic mass is 9.87. The predicted molar refractivity (Wildman–Crippen MR) is 127 cm³/mol. The summed E-state index contributed by atoms with van der Waals surface area (Å²) in [6.07, 6.45) is 5.40. The molecule has 1 aliphatic heterocycles. The van der Waals surface area contributed by atoms with Crippen LogP contribution in [0.4, 0.5) is 10.5 Å². The number of nitrogens with one attached hydrogen (secondary N) is 2. The van der Waals surface area contributed by atoms with Gasteiger partial charge >= 0.3 is 6.03 Å². The number of likely N-dealkylation sites (tertiary alicyclic amines) is 1. The molecule has 0 radical (unpaired) electrons. The molecule has 166 valence electrons. The van der Waals surface area contributed by atoms with Gasteiger partial charge < -0.3 is 15.5 Å². The van der Waals surface area contributed by atoms with Crippen molar-refractivity contribution in [3.63, 3.8) is 0 Å². The van der Waals surface area contributed by atoms with Gasteiger partial charge in [0.05, 0.1) is 5.56 Å². The number of nitrogens with zero attached hydrogens (tertiary/aromatic N) is 2. The quantitative estimate of drug-likeness (QED) is 0.657. The van der Waals surface area contributed by atoms with Gasteiger partial charge in [0.25, 0.3) is 5.91 Å². The highest BCUT2D eigenvalue weighted by atomic mass is 32.2. The van der Waals surface area contributed by atoms with E-state index in [-0.39, 0.29) is 17.4 Å². The molecule has 0 bridgehead atoms. The van der Waals surface area contributed by atoms with Gasteiger partial charge in [0, 0.05) is 31.5 Å². The number of hydrogen-bond acceptors (Lipinski definition) is 4. The minimum Gasteiger partial charge on any atom is -0.339 e. The summed E-state index contributed by atoms with van der Waals surface area (Å²) < 4.78 is 0. The highest BCUT2D eigenvalue weighted by Crippen LogP contribution is 2.24. The van der Waals surface area contributed by atoms with Crippen LogP contribution >= 0.6 is 11.8 Å². The lowest BCUT2D eigenvalue weighted by molar-refractivity contribution is 0.0686. The van der Waals surface area contributed by atoms with Crippen LogP contribution in [0.5, 0.6) is 0 Å². The van der Waals surface area contributed by atoms with Crippen LogP contribution in [0.25, 0.3) is 0 Å². The van der Waals surface area contributed by atoms with E-state index in [1.165, 1.54) is 17.3 Å². The minimum atomic E-state index is -0.193. The lowest BCUT2D eigenvalue weighted by Crippen LogP contribution is -2.42. The monoisotopic (exact) mass is 440 g/mol. The number of pyridine rings is 1. The van der Waals surface area contributed by atoms with Crippen LogP contribution in [0.3, 0.4) is 0 Å². The van der Waals surface area contributed by atoms with Gasteiger partial charge in [-0.1, -0.05) is 32.9 Å². The number of amides is 3. The summed E-state index contributed by atoms with van der Waals surface area (Å²) in [7, 11) is 0. The third kappa shape index (κ3) is 6.23. The van der Waals surface area contributed by atoms with E-state index in [1.54, 1.807) is 12.3 Å². The van der Waals surface area contributed by atoms with E-state index in [2.05, 4.69) is 36.4 Å². The Morgan fingerprint density at radius 3 is 2.42 bits per heavy atom. The maximum atomic E-state index is 12.8. The molecule has 0 atom stereocenters. The molecule has 1 aliphatic rings. The second-order valence-electron chi connectivity index (χ2n) is 8.96. The topological polar surface area (TPSA) is 74.3 Å². The molecule has 2 heterocycles. The summed E-state index contributed by atoms with van der Waals surface area (Å²) in [5.41, 5.74) is 2.77. The molecule has 1 saturated heterocycles. The zero-order chi connectivity index (χ0) is 22.4. The molecule has 7 heteroatoms. The van der Waals surface area contributed by atoms with Crippen molar-refractivity contribution < 1.29 is 9.59 Å². The molecule has 31 heavy (non-hydrogen) atoms. The molecule has 3 rings (SSSR count). The van der Waals surface area contributed by atoms with Gasteiger partial charge in [-0.3, -0.25) is 4.79 Å². The van der Waals surface area contributed by atoms with Crippen LogP contribution in [-0.4, -0.2) is 47.7 Å². The van der Waals surface area contributed by atoms with E-state index < -0.39 is 0 Å². The minimum absolute atomic E-state index is 0.0419. The summed E-state index contributed by atoms with van der Waals surface area (Å²) in [5.74, 6) is 0.410. The van der Waals surface area contributed by atoms with Crippen molar-refractivity contribution in [2.75, 3.05) is 31.2 Å². The summed E-state index contributed by atoms with van der Waals surface area (Å²) in [5, 5.41) is 6.64. The predicted octanol–water partition coefficient (Wildman–Crippen LogP) is 4.77. The molecule has 0 saturated carbocycles. The van der Waals surface area contributed by atoms with Crippen LogP contribution in [-0.2, 0) is 5.41 Å². The fraction of sp³-hybridized carbons (Fsp3) is 0.458. The highest BCUT2D eigenvalue weighted by molar-refractivity contribution is 7.98. The number of carbonyl (C=O) groups excluding carboxylic acids is 2. The van der Waals surface area contributed by atoms with Gasteiger partial charge in [0.15, 0.2) is 0 Å². The third-order valence-electron chi connectivity index (χ3n) is 5.66. The second kappa shape index (κ2) is 10.2. The van der Waals surface area contributed by atoms with Crippen molar-refractivity contribution in [3.8, 4) is 0 Å². The molecule has 6 nitrogen and oxygen atoms in total. The third-order valence-corrected chi connectivity index (χ3v) is 6.37. The molecule has 2 N–H and O–H groups in total.